The number of aliphatic hydroxyl groups is 1. The van der Waals surface area contributed by atoms with Crippen LogP contribution in [0.25, 0.3) is 0 Å². The number of ether oxygens (including phenoxy) is 4. The van der Waals surface area contributed by atoms with Crippen LogP contribution in [0, 0.1) is 5.92 Å². The summed E-state index contributed by atoms with van der Waals surface area (Å²) in [5.74, 6) is -1.51. The van der Waals surface area contributed by atoms with Gasteiger partial charge in [0.15, 0.2) is 12.2 Å². The van der Waals surface area contributed by atoms with E-state index in [0.29, 0.717) is 31.6 Å². The number of phosphoric acid groups is 2. The van der Waals surface area contributed by atoms with Gasteiger partial charge in [-0.1, -0.05) is 276 Å². The number of aliphatic hydroxyl groups excluding tert-OH is 1. The lowest BCUT2D eigenvalue weighted by atomic mass is 10.0. The first-order valence-electron chi connectivity index (χ1n) is 36.8. The average molecular weight is 1350 g/mol. The van der Waals surface area contributed by atoms with Crippen molar-refractivity contribution in [2.45, 2.75) is 348 Å². The van der Waals surface area contributed by atoms with E-state index in [1.807, 2.05) is 0 Å². The lowest BCUT2D eigenvalue weighted by molar-refractivity contribution is -0.161. The molecule has 5 atom stereocenters. The summed E-state index contributed by atoms with van der Waals surface area (Å²) in [6, 6.07) is 0. The molecule has 0 aliphatic rings. The fourth-order valence-corrected chi connectivity index (χ4v) is 11.7. The van der Waals surface area contributed by atoms with Crippen molar-refractivity contribution < 1.29 is 80.2 Å². The van der Waals surface area contributed by atoms with Gasteiger partial charge in [0.25, 0.3) is 0 Å². The fraction of sp³-hybridized carbons (Fsp3) is 0.836. The topological polar surface area (TPSA) is 237 Å². The molecule has 0 spiro atoms. The minimum atomic E-state index is -4.97. The normalized spacial score (nSPS) is 14.4. The van der Waals surface area contributed by atoms with Crippen LogP contribution in [0.15, 0.2) is 48.6 Å². The Morgan fingerprint density at radius 2 is 0.587 bits per heavy atom. The highest BCUT2D eigenvalue weighted by molar-refractivity contribution is 7.47. The number of rotatable bonds is 69. The zero-order valence-electron chi connectivity index (χ0n) is 58.6. The van der Waals surface area contributed by atoms with Gasteiger partial charge in [0.05, 0.1) is 26.4 Å². The summed E-state index contributed by atoms with van der Waals surface area (Å²) in [4.78, 5) is 72.6. The average Bonchev–Trinajstić information content (AvgIpc) is 3.58. The number of carbonyl (C=O) groups excluding carboxylic acids is 4. The van der Waals surface area contributed by atoms with E-state index < -0.39 is 97.5 Å². The third-order valence-electron chi connectivity index (χ3n) is 15.8. The van der Waals surface area contributed by atoms with Crippen molar-refractivity contribution in [1.82, 2.24) is 0 Å². The van der Waals surface area contributed by atoms with E-state index in [-0.39, 0.29) is 25.7 Å². The molecule has 0 amide bonds. The summed E-state index contributed by atoms with van der Waals surface area (Å²) in [7, 11) is -9.93. The van der Waals surface area contributed by atoms with Crippen molar-refractivity contribution >= 4 is 39.5 Å². The Hall–Kier alpha value is -2.98. The van der Waals surface area contributed by atoms with E-state index in [1.165, 1.54) is 116 Å². The fourth-order valence-electron chi connectivity index (χ4n) is 10.1. The van der Waals surface area contributed by atoms with Gasteiger partial charge < -0.3 is 33.8 Å². The lowest BCUT2D eigenvalue weighted by Gasteiger charge is -2.21. The smallest absolute Gasteiger partial charge is 0.462 e. The van der Waals surface area contributed by atoms with Gasteiger partial charge in [-0.05, 0) is 83.0 Å². The first-order valence-corrected chi connectivity index (χ1v) is 39.8. The minimum absolute atomic E-state index is 0.0781. The quantitative estimate of drug-likeness (QED) is 0.0169. The van der Waals surface area contributed by atoms with Gasteiger partial charge in [-0.3, -0.25) is 37.3 Å². The van der Waals surface area contributed by atoms with Gasteiger partial charge >= 0.3 is 39.5 Å². The second-order valence-electron chi connectivity index (χ2n) is 25.4. The molecular weight excluding hydrogens is 1210 g/mol. The molecule has 0 radical (unpaired) electrons. The highest BCUT2D eigenvalue weighted by Gasteiger charge is 2.30. The van der Waals surface area contributed by atoms with Crippen LogP contribution in [0.1, 0.15) is 330 Å². The highest BCUT2D eigenvalue weighted by Crippen LogP contribution is 2.45. The van der Waals surface area contributed by atoms with E-state index >= 15 is 0 Å². The van der Waals surface area contributed by atoms with Crippen LogP contribution >= 0.6 is 15.6 Å². The predicted octanol–water partition coefficient (Wildman–Crippen LogP) is 20.4. The van der Waals surface area contributed by atoms with E-state index in [2.05, 4.69) is 83.2 Å². The molecule has 0 aliphatic heterocycles. The van der Waals surface area contributed by atoms with Gasteiger partial charge in [-0.15, -0.1) is 0 Å². The molecule has 19 heteroatoms. The standard InChI is InChI=1S/C73H134O17P2/c1-6-9-12-15-18-21-24-27-29-32-34-37-40-46-51-56-70(75)83-62-68(89-72(77)59-54-49-42-39-36-33-30-28-25-22-19-16-13-10-7-2)64-87-91(79,80)85-60-67(74)61-86-92(81,82)88-65-69(63-84-71(76)57-52-47-44-43-45-50-55-66(4)5)90-73(78)58-53-48-41-38-35-31-26-23-20-17-14-11-8-3/h21-22,24-25,27-30,66-69,74H,6-20,23,26,31-65H2,1-5H3,(H,79,80)(H,81,82)/b24-21-,25-22-,29-27-,30-28-/t67-,68-,69-/m1/s1. The molecule has 0 fully saturated rings. The second kappa shape index (κ2) is 65.3. The van der Waals surface area contributed by atoms with Crippen LogP contribution in [0.3, 0.4) is 0 Å². The van der Waals surface area contributed by atoms with Crippen LogP contribution in [0.2, 0.25) is 0 Å². The molecule has 0 saturated carbocycles. The number of hydrogen-bond donors (Lipinski definition) is 3. The highest BCUT2D eigenvalue weighted by atomic mass is 31.2. The number of phosphoric ester groups is 2. The predicted molar refractivity (Wildman–Crippen MR) is 372 cm³/mol. The van der Waals surface area contributed by atoms with Crippen molar-refractivity contribution in [3.63, 3.8) is 0 Å². The first-order chi connectivity index (χ1) is 44.5. The Morgan fingerprint density at radius 3 is 0.891 bits per heavy atom. The minimum Gasteiger partial charge on any atom is -0.462 e. The largest absolute Gasteiger partial charge is 0.472 e. The summed E-state index contributed by atoms with van der Waals surface area (Å²) in [5, 5.41) is 10.6. The van der Waals surface area contributed by atoms with Gasteiger partial charge in [0.2, 0.25) is 0 Å². The van der Waals surface area contributed by atoms with Crippen LogP contribution < -0.4 is 0 Å². The number of unbranched alkanes of at least 4 members (excludes halogenated alkanes) is 35. The number of esters is 4. The van der Waals surface area contributed by atoms with Crippen molar-refractivity contribution in [2.24, 2.45) is 5.92 Å². The van der Waals surface area contributed by atoms with E-state index in [4.69, 9.17) is 37.0 Å². The van der Waals surface area contributed by atoms with Crippen LogP contribution in [-0.2, 0) is 65.4 Å². The SMILES string of the molecule is CCCCCC/C=C\C=C/CCCCCCCC(=O)OC[C@H](COP(=O)(O)OC[C@@H](O)COP(=O)(O)OC[C@@H](COC(=O)CCCCCCCCC(C)C)OC(=O)CCCCCCCCCCCCCCC)OC(=O)CCCCCCC/C=C\C=C/CCCCCC. The summed E-state index contributed by atoms with van der Waals surface area (Å²) >= 11 is 0. The Bertz CT molecular complexity index is 1960. The molecule has 0 saturated heterocycles. The molecule has 0 rings (SSSR count). The zero-order valence-corrected chi connectivity index (χ0v) is 60.4. The molecule has 2 unspecified atom stereocenters. The van der Waals surface area contributed by atoms with Crippen molar-refractivity contribution in [3.05, 3.63) is 48.6 Å². The number of carbonyl (C=O) groups is 4. The molecule has 3 N–H and O–H groups in total. The third kappa shape index (κ3) is 65.7. The Kier molecular flexibility index (Phi) is 63.2. The van der Waals surface area contributed by atoms with Crippen molar-refractivity contribution in [2.75, 3.05) is 39.6 Å². The number of allylic oxidation sites excluding steroid dienone is 8. The lowest BCUT2D eigenvalue weighted by Crippen LogP contribution is -2.30. The molecule has 17 nitrogen and oxygen atoms in total. The van der Waals surface area contributed by atoms with Gasteiger partial charge in [0.1, 0.15) is 19.3 Å². The van der Waals surface area contributed by atoms with E-state index in [1.54, 1.807) is 0 Å². The molecule has 0 bridgehead atoms. The maximum atomic E-state index is 13.0. The van der Waals surface area contributed by atoms with E-state index in [0.717, 1.165) is 128 Å². The molecule has 538 valence electrons. The molecule has 0 heterocycles. The summed E-state index contributed by atoms with van der Waals surface area (Å²) in [6.45, 7) is 7.05. The van der Waals surface area contributed by atoms with Gasteiger partial charge in [-0.25, -0.2) is 9.13 Å². The monoisotopic (exact) mass is 1340 g/mol. The molecule has 0 aromatic carbocycles. The molecule has 0 aromatic rings. The summed E-state index contributed by atoms with van der Waals surface area (Å²) in [5.41, 5.74) is 0. The molecule has 92 heavy (non-hydrogen) atoms. The van der Waals surface area contributed by atoms with Crippen molar-refractivity contribution in [3.8, 4) is 0 Å². The first kappa shape index (κ1) is 89.0. The number of hydrogen-bond acceptors (Lipinski definition) is 15. The molecule has 0 aromatic heterocycles. The summed E-state index contributed by atoms with van der Waals surface area (Å²) < 4.78 is 68.3. The molecular formula is C73H134O17P2. The third-order valence-corrected chi connectivity index (χ3v) is 17.7. The van der Waals surface area contributed by atoms with E-state index in [9.17, 15) is 43.2 Å². The van der Waals surface area contributed by atoms with Crippen LogP contribution in [-0.4, -0.2) is 96.7 Å². The summed E-state index contributed by atoms with van der Waals surface area (Å²) in [6.07, 6.45) is 58.6. The van der Waals surface area contributed by atoms with Gasteiger partial charge in [-0.2, -0.15) is 0 Å². The maximum absolute atomic E-state index is 13.0. The van der Waals surface area contributed by atoms with Crippen LogP contribution in [0.4, 0.5) is 0 Å². The Morgan fingerprint density at radius 1 is 0.337 bits per heavy atom. The Balaban J connectivity index is 5.31. The van der Waals surface area contributed by atoms with Crippen molar-refractivity contribution in [1.29, 1.82) is 0 Å². The second-order valence-corrected chi connectivity index (χ2v) is 28.3. The zero-order chi connectivity index (χ0) is 67.7. The molecule has 0 aliphatic carbocycles. The van der Waals surface area contributed by atoms with Crippen LogP contribution in [0.5, 0.6) is 0 Å². The Labute approximate surface area is 559 Å². The maximum Gasteiger partial charge on any atom is 0.472 e. The van der Waals surface area contributed by atoms with Gasteiger partial charge in [0, 0.05) is 25.7 Å².